The van der Waals surface area contributed by atoms with Gasteiger partial charge in [0.2, 0.25) is 0 Å². The quantitative estimate of drug-likeness (QED) is 0.165. The maximum atomic E-state index is 5.34. The average molecular weight is 838 g/mol. The number of benzene rings is 8. The predicted molar refractivity (Wildman–Crippen MR) is 276 cm³/mol. The lowest BCUT2D eigenvalue weighted by Crippen LogP contribution is -2.14. The highest BCUT2D eigenvalue weighted by atomic mass is 32.1. The van der Waals surface area contributed by atoms with Crippen molar-refractivity contribution in [1.29, 1.82) is 0 Å². The van der Waals surface area contributed by atoms with Crippen LogP contribution in [0.5, 0.6) is 0 Å². The van der Waals surface area contributed by atoms with Crippen LogP contribution in [0, 0.1) is 0 Å². The number of hydrogen-bond acceptors (Lipinski definition) is 2. The second-order valence-corrected chi connectivity index (χ2v) is 17.2. The summed E-state index contributed by atoms with van der Waals surface area (Å²) < 4.78 is 4.82. The number of fused-ring (bicyclic) bond motifs is 7. The molecule has 64 heavy (non-hydrogen) atoms. The minimum atomic E-state index is 0.902. The Morgan fingerprint density at radius 3 is 1.84 bits per heavy atom. The van der Waals surface area contributed by atoms with E-state index in [1.54, 1.807) is 0 Å². The van der Waals surface area contributed by atoms with Gasteiger partial charge in [-0.1, -0.05) is 152 Å². The van der Waals surface area contributed by atoms with Crippen molar-refractivity contribution in [2.75, 3.05) is 4.90 Å². The van der Waals surface area contributed by atoms with E-state index in [9.17, 15) is 0 Å². The standard InChI is InChI=1S/C60H43N3S/c1-40-28-29-45(43-32-35-57-53(37-43)51-23-12-14-26-55(51)63(57)47-20-9-4-10-21-47)39-61(58-27-15-24-49(60(58)64)41-16-5-2-6-17-41)59-38-44(30-33-48(40)59)42-31-34-56-52(36-42)50-22-11-13-25-54(50)62(56)46-18-7-3-8-19-46/h2-9,11-20,22-39,64H,1,10,21H2/b29-28-,45-39+. The molecule has 12 rings (SSSR count). The van der Waals surface area contributed by atoms with E-state index >= 15 is 0 Å². The highest BCUT2D eigenvalue weighted by molar-refractivity contribution is 7.80. The topological polar surface area (TPSA) is 13.1 Å². The van der Waals surface area contributed by atoms with Gasteiger partial charge >= 0.3 is 0 Å². The van der Waals surface area contributed by atoms with E-state index in [1.165, 1.54) is 49.3 Å². The summed E-state index contributed by atoms with van der Waals surface area (Å²) in [4.78, 5) is 3.24. The highest BCUT2D eigenvalue weighted by Crippen LogP contribution is 2.45. The van der Waals surface area contributed by atoms with Gasteiger partial charge in [-0.15, -0.1) is 12.6 Å². The van der Waals surface area contributed by atoms with Crippen LogP contribution in [0.15, 0.2) is 230 Å². The Labute approximate surface area is 378 Å². The molecule has 0 radical (unpaired) electrons. The van der Waals surface area contributed by atoms with Crippen LogP contribution in [-0.4, -0.2) is 9.13 Å². The zero-order chi connectivity index (χ0) is 42.7. The maximum Gasteiger partial charge on any atom is 0.0595 e. The van der Waals surface area contributed by atoms with Crippen molar-refractivity contribution in [3.05, 3.63) is 236 Å². The van der Waals surface area contributed by atoms with Crippen molar-refractivity contribution in [2.45, 2.75) is 17.7 Å². The molecule has 0 spiro atoms. The first-order valence-corrected chi connectivity index (χ1v) is 22.4. The van der Waals surface area contributed by atoms with Gasteiger partial charge < -0.3 is 14.0 Å². The Bertz CT molecular complexity index is 3630. The Morgan fingerprint density at radius 2 is 1.09 bits per heavy atom. The van der Waals surface area contributed by atoms with Gasteiger partial charge in [-0.05, 0) is 119 Å². The number of thiol groups is 1. The van der Waals surface area contributed by atoms with Crippen LogP contribution in [0.25, 0.3) is 88.4 Å². The van der Waals surface area contributed by atoms with Gasteiger partial charge in [0, 0.05) is 49.6 Å². The highest BCUT2D eigenvalue weighted by Gasteiger charge is 2.23. The summed E-state index contributed by atoms with van der Waals surface area (Å²) in [6.45, 7) is 4.68. The molecule has 3 heterocycles. The second-order valence-electron chi connectivity index (χ2n) is 16.7. The van der Waals surface area contributed by atoms with Crippen LogP contribution in [-0.2, 0) is 0 Å². The summed E-state index contributed by atoms with van der Waals surface area (Å²) >= 11 is 5.34. The lowest BCUT2D eigenvalue weighted by Gasteiger charge is -2.29. The summed E-state index contributed by atoms with van der Waals surface area (Å²) in [6, 6.07) is 65.8. The smallest absolute Gasteiger partial charge is 0.0595 e. The van der Waals surface area contributed by atoms with Crippen molar-refractivity contribution in [3.63, 3.8) is 0 Å². The number of nitrogens with zero attached hydrogens (tertiary/aromatic N) is 3. The van der Waals surface area contributed by atoms with E-state index in [-0.39, 0.29) is 0 Å². The van der Waals surface area contributed by atoms with Crippen LogP contribution in [0.2, 0.25) is 0 Å². The molecule has 2 aliphatic rings. The van der Waals surface area contributed by atoms with E-state index in [4.69, 9.17) is 12.6 Å². The molecule has 0 fully saturated rings. The molecule has 0 saturated carbocycles. The van der Waals surface area contributed by atoms with Crippen LogP contribution in [0.3, 0.4) is 0 Å². The first-order valence-electron chi connectivity index (χ1n) is 22.0. The molecule has 0 N–H and O–H groups in total. The Balaban J connectivity index is 1.06. The first-order chi connectivity index (χ1) is 31.6. The first kappa shape index (κ1) is 37.9. The van der Waals surface area contributed by atoms with Gasteiger partial charge in [0.05, 0.1) is 33.4 Å². The zero-order valence-electron chi connectivity index (χ0n) is 35.2. The van der Waals surface area contributed by atoms with E-state index in [0.717, 1.165) is 79.3 Å². The van der Waals surface area contributed by atoms with Crippen LogP contribution < -0.4 is 4.90 Å². The largest absolute Gasteiger partial charge is 0.315 e. The molecule has 0 amide bonds. The van der Waals surface area contributed by atoms with Crippen molar-refractivity contribution in [2.24, 2.45) is 0 Å². The summed E-state index contributed by atoms with van der Waals surface area (Å²) in [5.41, 5.74) is 18.0. The Hall–Kier alpha value is -7.79. The number of rotatable bonds is 6. The fourth-order valence-electron chi connectivity index (χ4n) is 9.91. The van der Waals surface area contributed by atoms with E-state index in [0.29, 0.717) is 0 Å². The van der Waals surface area contributed by atoms with Crippen LogP contribution in [0.4, 0.5) is 11.4 Å². The Kier molecular flexibility index (Phi) is 9.20. The number of aromatic nitrogens is 2. The minimum Gasteiger partial charge on any atom is -0.315 e. The third-order valence-corrected chi connectivity index (χ3v) is 13.5. The molecule has 2 aromatic heterocycles. The van der Waals surface area contributed by atoms with Gasteiger partial charge in [-0.25, -0.2) is 0 Å². The number of para-hydroxylation sites is 3. The molecule has 0 bridgehead atoms. The van der Waals surface area contributed by atoms with Gasteiger partial charge in [0.25, 0.3) is 0 Å². The van der Waals surface area contributed by atoms with Crippen LogP contribution >= 0.6 is 12.6 Å². The predicted octanol–water partition coefficient (Wildman–Crippen LogP) is 16.5. The van der Waals surface area contributed by atoms with Crippen molar-refractivity contribution in [3.8, 4) is 27.9 Å². The minimum absolute atomic E-state index is 0.902. The summed E-state index contributed by atoms with van der Waals surface area (Å²) in [5.74, 6) is 0. The molecule has 10 aromatic rings. The van der Waals surface area contributed by atoms with E-state index in [1.807, 2.05) is 0 Å². The van der Waals surface area contributed by atoms with Gasteiger partial charge in [0.15, 0.2) is 0 Å². The Morgan fingerprint density at radius 1 is 0.469 bits per heavy atom. The fraction of sp³-hybridized carbons (Fsp3) is 0.0333. The molecule has 1 aliphatic heterocycles. The average Bonchev–Trinajstić information content (AvgIpc) is 3.86. The maximum absolute atomic E-state index is 5.34. The molecule has 0 atom stereocenters. The van der Waals surface area contributed by atoms with E-state index < -0.39 is 0 Å². The third-order valence-electron chi connectivity index (χ3n) is 13.0. The second kappa shape index (κ2) is 15.5. The number of allylic oxidation sites excluding steroid dienone is 8. The van der Waals surface area contributed by atoms with Gasteiger partial charge in [0.1, 0.15) is 0 Å². The van der Waals surface area contributed by atoms with Crippen LogP contribution in [0.1, 0.15) is 24.0 Å². The molecular weight excluding hydrogens is 795 g/mol. The number of hydrogen-bond donors (Lipinski definition) is 1. The molecule has 304 valence electrons. The molecule has 0 unspecified atom stereocenters. The molecule has 3 nitrogen and oxygen atoms in total. The SMILES string of the molecule is C=C1/C=C\C(c2ccc3c(c2)c2ccccc2n3C2=CC=CCC2)=C/N(c2cccc(-c3ccccc3)c2S)c2cc(-c3ccc4c(c3)c3ccccc3n4-c3ccccc3)ccc21. The van der Waals surface area contributed by atoms with Gasteiger partial charge in [-0.2, -0.15) is 0 Å². The van der Waals surface area contributed by atoms with Crippen molar-refractivity contribution >= 4 is 84.5 Å². The lowest BCUT2D eigenvalue weighted by atomic mass is 9.94. The zero-order valence-corrected chi connectivity index (χ0v) is 36.1. The van der Waals surface area contributed by atoms with E-state index in [2.05, 4.69) is 239 Å². The summed E-state index contributed by atoms with van der Waals surface area (Å²) in [5, 5.41) is 4.93. The normalized spacial score (nSPS) is 15.3. The lowest BCUT2D eigenvalue weighted by molar-refractivity contribution is 0.979. The molecular formula is C60H43N3S. The fourth-order valence-corrected chi connectivity index (χ4v) is 10.3. The molecule has 8 aromatic carbocycles. The van der Waals surface area contributed by atoms with Gasteiger partial charge in [-0.3, -0.25) is 0 Å². The third kappa shape index (κ3) is 6.29. The number of anilines is 2. The summed E-state index contributed by atoms with van der Waals surface area (Å²) in [7, 11) is 0. The van der Waals surface area contributed by atoms with Crippen molar-refractivity contribution < 1.29 is 0 Å². The molecule has 4 heteroatoms. The van der Waals surface area contributed by atoms with Crippen molar-refractivity contribution in [1.82, 2.24) is 9.13 Å². The molecule has 0 saturated heterocycles. The summed E-state index contributed by atoms with van der Waals surface area (Å²) in [6.07, 6.45) is 15.4. The molecule has 1 aliphatic carbocycles. The monoisotopic (exact) mass is 837 g/mol.